The van der Waals surface area contributed by atoms with Gasteiger partial charge in [0.2, 0.25) is 0 Å². The van der Waals surface area contributed by atoms with Crippen LogP contribution in [-0.4, -0.2) is 32.0 Å². The summed E-state index contributed by atoms with van der Waals surface area (Å²) in [5.74, 6) is 0.388. The molecule has 1 saturated heterocycles. The van der Waals surface area contributed by atoms with Gasteiger partial charge >= 0.3 is 0 Å². The quantitative estimate of drug-likeness (QED) is 0.867. The van der Waals surface area contributed by atoms with Gasteiger partial charge in [-0.25, -0.2) is 8.42 Å². The van der Waals surface area contributed by atoms with Gasteiger partial charge in [-0.1, -0.05) is 15.9 Å². The third-order valence-electron chi connectivity index (χ3n) is 3.84. The lowest BCUT2D eigenvalue weighted by Gasteiger charge is -2.37. The fourth-order valence-corrected chi connectivity index (χ4v) is 4.96. The summed E-state index contributed by atoms with van der Waals surface area (Å²) in [6.45, 7) is 4.37. The fraction of sp³-hybridized carbons (Fsp3) is 0.571. The number of anilines is 1. The topological polar surface area (TPSA) is 72.2 Å². The molecule has 1 heterocycles. The number of nitrogens with one attached hydrogen (secondary N) is 1. The van der Waals surface area contributed by atoms with Crippen LogP contribution in [0.1, 0.15) is 24.0 Å². The van der Waals surface area contributed by atoms with Gasteiger partial charge in [-0.15, -0.1) is 0 Å². The highest BCUT2D eigenvalue weighted by Gasteiger charge is 2.38. The van der Waals surface area contributed by atoms with Crippen molar-refractivity contribution in [3.63, 3.8) is 0 Å². The molecule has 6 heteroatoms. The van der Waals surface area contributed by atoms with E-state index in [-0.39, 0.29) is 11.5 Å². The lowest BCUT2D eigenvalue weighted by molar-refractivity contribution is 0.450. The SMILES string of the molecule is Cc1cc(NC2(CN)CCCS(=O)(=O)C2)cc(C)c1Br. The third-order valence-corrected chi connectivity index (χ3v) is 7.00. The molecule has 0 aromatic heterocycles. The van der Waals surface area contributed by atoms with Crippen molar-refractivity contribution in [3.05, 3.63) is 27.7 Å². The lowest BCUT2D eigenvalue weighted by atomic mass is 9.94. The first-order valence-electron chi connectivity index (χ1n) is 6.72. The van der Waals surface area contributed by atoms with Gasteiger partial charge in [0.25, 0.3) is 0 Å². The molecule has 1 aromatic rings. The Kier molecular flexibility index (Phi) is 4.47. The molecular formula is C14H21BrN2O2S. The lowest BCUT2D eigenvalue weighted by Crippen LogP contribution is -2.53. The van der Waals surface area contributed by atoms with E-state index in [4.69, 9.17) is 5.73 Å². The van der Waals surface area contributed by atoms with Gasteiger partial charge < -0.3 is 11.1 Å². The molecule has 0 amide bonds. The molecule has 112 valence electrons. The van der Waals surface area contributed by atoms with Crippen molar-refractivity contribution in [2.75, 3.05) is 23.4 Å². The number of rotatable bonds is 3. The highest BCUT2D eigenvalue weighted by atomic mass is 79.9. The molecular weight excluding hydrogens is 340 g/mol. The molecule has 1 unspecified atom stereocenters. The van der Waals surface area contributed by atoms with Gasteiger partial charge in [0.15, 0.2) is 9.84 Å². The van der Waals surface area contributed by atoms with Crippen molar-refractivity contribution in [1.29, 1.82) is 0 Å². The first kappa shape index (κ1) is 15.8. The normalized spacial score (nSPS) is 25.4. The Morgan fingerprint density at radius 1 is 1.35 bits per heavy atom. The molecule has 1 aromatic carbocycles. The van der Waals surface area contributed by atoms with Crippen LogP contribution in [0, 0.1) is 13.8 Å². The van der Waals surface area contributed by atoms with Gasteiger partial charge in [0.05, 0.1) is 17.0 Å². The average Bonchev–Trinajstić information content (AvgIpc) is 2.34. The van der Waals surface area contributed by atoms with Crippen LogP contribution >= 0.6 is 15.9 Å². The van der Waals surface area contributed by atoms with Crippen LogP contribution in [-0.2, 0) is 9.84 Å². The summed E-state index contributed by atoms with van der Waals surface area (Å²) in [6, 6.07) is 4.05. The molecule has 4 nitrogen and oxygen atoms in total. The van der Waals surface area contributed by atoms with Crippen LogP contribution in [0.5, 0.6) is 0 Å². The largest absolute Gasteiger partial charge is 0.377 e. The number of aryl methyl sites for hydroxylation is 2. The Bertz CT molecular complexity index is 593. The molecule has 1 atom stereocenters. The molecule has 0 radical (unpaired) electrons. The maximum absolute atomic E-state index is 11.9. The summed E-state index contributed by atoms with van der Waals surface area (Å²) < 4.78 is 24.9. The second-order valence-corrected chi connectivity index (χ2v) is 8.71. The summed E-state index contributed by atoms with van der Waals surface area (Å²) in [5, 5.41) is 3.38. The number of hydrogen-bond donors (Lipinski definition) is 2. The van der Waals surface area contributed by atoms with Crippen molar-refractivity contribution in [2.45, 2.75) is 32.2 Å². The third kappa shape index (κ3) is 3.35. The van der Waals surface area contributed by atoms with Crippen LogP contribution in [0.4, 0.5) is 5.69 Å². The van der Waals surface area contributed by atoms with E-state index >= 15 is 0 Å². The Hall–Kier alpha value is -0.590. The predicted octanol–water partition coefficient (Wildman–Crippen LogP) is 2.38. The molecule has 1 aliphatic rings. The second kappa shape index (κ2) is 5.66. The minimum atomic E-state index is -3.00. The van der Waals surface area contributed by atoms with Gasteiger partial charge in [0.1, 0.15) is 0 Å². The molecule has 0 saturated carbocycles. The first-order valence-corrected chi connectivity index (χ1v) is 9.34. The predicted molar refractivity (Wildman–Crippen MR) is 86.9 cm³/mol. The Labute approximate surface area is 129 Å². The summed E-state index contributed by atoms with van der Waals surface area (Å²) in [7, 11) is -3.00. The number of hydrogen-bond acceptors (Lipinski definition) is 4. The van der Waals surface area contributed by atoms with Crippen LogP contribution in [0.2, 0.25) is 0 Å². The van der Waals surface area contributed by atoms with Crippen molar-refractivity contribution < 1.29 is 8.42 Å². The zero-order chi connectivity index (χ0) is 15.0. The van der Waals surface area contributed by atoms with Gasteiger partial charge in [-0.3, -0.25) is 0 Å². The maximum Gasteiger partial charge on any atom is 0.152 e. The summed E-state index contributed by atoms with van der Waals surface area (Å²) in [4.78, 5) is 0. The standard InChI is InChI=1S/C14H21BrN2O2S/c1-10-6-12(7-11(2)13(10)15)17-14(8-16)4-3-5-20(18,19)9-14/h6-7,17H,3-5,8-9,16H2,1-2H3. The minimum Gasteiger partial charge on any atom is -0.377 e. The number of benzene rings is 1. The Balaban J connectivity index is 2.31. The number of halogens is 1. The van der Waals surface area contributed by atoms with Gasteiger partial charge in [-0.05, 0) is 49.9 Å². The van der Waals surface area contributed by atoms with E-state index in [2.05, 4.69) is 21.2 Å². The molecule has 3 N–H and O–H groups in total. The van der Waals surface area contributed by atoms with Crippen LogP contribution < -0.4 is 11.1 Å². The van der Waals surface area contributed by atoms with Crippen molar-refractivity contribution in [3.8, 4) is 0 Å². The van der Waals surface area contributed by atoms with Crippen LogP contribution in [0.3, 0.4) is 0 Å². The molecule has 0 spiro atoms. The van der Waals surface area contributed by atoms with E-state index < -0.39 is 15.4 Å². The molecule has 20 heavy (non-hydrogen) atoms. The molecule has 2 rings (SSSR count). The molecule has 1 aliphatic heterocycles. The zero-order valence-electron chi connectivity index (χ0n) is 11.9. The molecule has 0 aliphatic carbocycles. The Morgan fingerprint density at radius 3 is 2.45 bits per heavy atom. The van der Waals surface area contributed by atoms with Crippen LogP contribution in [0.25, 0.3) is 0 Å². The van der Waals surface area contributed by atoms with Crippen LogP contribution in [0.15, 0.2) is 16.6 Å². The van der Waals surface area contributed by atoms with E-state index in [1.54, 1.807) is 0 Å². The summed E-state index contributed by atoms with van der Waals surface area (Å²) in [5.41, 5.74) is 8.52. The van der Waals surface area contributed by atoms with E-state index in [0.29, 0.717) is 13.0 Å². The highest BCUT2D eigenvalue weighted by Crippen LogP contribution is 2.30. The highest BCUT2D eigenvalue weighted by molar-refractivity contribution is 9.10. The van der Waals surface area contributed by atoms with Gasteiger partial charge in [-0.2, -0.15) is 0 Å². The van der Waals surface area contributed by atoms with Gasteiger partial charge in [0, 0.05) is 16.7 Å². The van der Waals surface area contributed by atoms with E-state index in [0.717, 1.165) is 27.7 Å². The zero-order valence-corrected chi connectivity index (χ0v) is 14.3. The fourth-order valence-electron chi connectivity index (χ4n) is 2.83. The monoisotopic (exact) mass is 360 g/mol. The number of nitrogens with two attached hydrogens (primary N) is 1. The van der Waals surface area contributed by atoms with Crippen molar-refractivity contribution >= 4 is 31.5 Å². The van der Waals surface area contributed by atoms with E-state index in [9.17, 15) is 8.42 Å². The summed E-state index contributed by atoms with van der Waals surface area (Å²) in [6.07, 6.45) is 1.46. The van der Waals surface area contributed by atoms with E-state index in [1.165, 1.54) is 0 Å². The average molecular weight is 361 g/mol. The second-order valence-electron chi connectivity index (χ2n) is 5.73. The Morgan fingerprint density at radius 2 is 1.95 bits per heavy atom. The number of sulfone groups is 1. The minimum absolute atomic E-state index is 0.116. The summed E-state index contributed by atoms with van der Waals surface area (Å²) >= 11 is 3.54. The maximum atomic E-state index is 11.9. The van der Waals surface area contributed by atoms with Crippen molar-refractivity contribution in [2.24, 2.45) is 5.73 Å². The van der Waals surface area contributed by atoms with E-state index in [1.807, 2.05) is 26.0 Å². The molecule has 0 bridgehead atoms. The van der Waals surface area contributed by atoms with Crippen molar-refractivity contribution in [1.82, 2.24) is 0 Å². The first-order chi connectivity index (χ1) is 9.27. The molecule has 1 fully saturated rings. The smallest absolute Gasteiger partial charge is 0.152 e.